The van der Waals surface area contributed by atoms with E-state index in [1.54, 1.807) is 0 Å². The first-order chi connectivity index (χ1) is 8.29. The van der Waals surface area contributed by atoms with Gasteiger partial charge in [-0.2, -0.15) is 4.72 Å². The molecule has 0 saturated carbocycles. The fourth-order valence-corrected chi connectivity index (χ4v) is 2.26. The molecular weight excluding hydrogens is 285 g/mol. The van der Waals surface area contributed by atoms with Crippen LogP contribution < -0.4 is 4.72 Å². The Bertz CT molecular complexity index is 636. The third kappa shape index (κ3) is 2.98. The van der Waals surface area contributed by atoms with Crippen LogP contribution in [0, 0.1) is 18.2 Å². The number of carboxylic acid groups (broad SMARTS) is 1. The van der Waals surface area contributed by atoms with Gasteiger partial charge < -0.3 is 5.11 Å². The predicted octanol–water partition coefficient (Wildman–Crippen LogP) is 1.09. The van der Waals surface area contributed by atoms with E-state index in [9.17, 15) is 17.6 Å². The first-order valence-corrected chi connectivity index (χ1v) is 6.31. The van der Waals surface area contributed by atoms with E-state index in [0.29, 0.717) is 6.07 Å². The van der Waals surface area contributed by atoms with Crippen LogP contribution in [0.3, 0.4) is 0 Å². The standard InChI is InChI=1S/C10H7ClFNO4S/c1-2-3-13-18(16,17)6-4-7(10(14)15)9(11)8(12)5-6/h1,4-5,13H,3H2,(H,14,15). The molecule has 0 aliphatic heterocycles. The highest BCUT2D eigenvalue weighted by Gasteiger charge is 2.21. The molecule has 96 valence electrons. The molecule has 0 fully saturated rings. The van der Waals surface area contributed by atoms with Crippen molar-refractivity contribution in [2.24, 2.45) is 0 Å². The average Bonchev–Trinajstić information content (AvgIpc) is 2.29. The maximum atomic E-state index is 13.3. The van der Waals surface area contributed by atoms with Gasteiger partial charge >= 0.3 is 5.97 Å². The van der Waals surface area contributed by atoms with Crippen molar-refractivity contribution in [2.45, 2.75) is 4.90 Å². The molecule has 0 spiro atoms. The lowest BCUT2D eigenvalue weighted by Crippen LogP contribution is -2.24. The Morgan fingerprint density at radius 3 is 2.67 bits per heavy atom. The Morgan fingerprint density at radius 2 is 2.17 bits per heavy atom. The third-order valence-corrected chi connectivity index (χ3v) is 3.67. The fraction of sp³-hybridized carbons (Fsp3) is 0.100. The molecule has 8 heteroatoms. The summed E-state index contributed by atoms with van der Waals surface area (Å²) in [6.07, 6.45) is 4.88. The number of carboxylic acids is 1. The third-order valence-electron chi connectivity index (χ3n) is 1.91. The highest BCUT2D eigenvalue weighted by Crippen LogP contribution is 2.24. The molecule has 0 amide bonds. The monoisotopic (exact) mass is 291 g/mol. The van der Waals surface area contributed by atoms with E-state index >= 15 is 0 Å². The molecule has 0 aliphatic carbocycles. The number of rotatable bonds is 4. The summed E-state index contributed by atoms with van der Waals surface area (Å²) >= 11 is 5.41. The van der Waals surface area contributed by atoms with Gasteiger partial charge in [-0.15, -0.1) is 6.42 Å². The van der Waals surface area contributed by atoms with Crippen LogP contribution in [-0.2, 0) is 10.0 Å². The van der Waals surface area contributed by atoms with Gasteiger partial charge in [0, 0.05) is 0 Å². The van der Waals surface area contributed by atoms with Crippen LogP contribution in [0.4, 0.5) is 4.39 Å². The highest BCUT2D eigenvalue weighted by molar-refractivity contribution is 7.89. The Labute approximate surface area is 108 Å². The van der Waals surface area contributed by atoms with Crippen molar-refractivity contribution in [3.63, 3.8) is 0 Å². The molecule has 0 radical (unpaired) electrons. The van der Waals surface area contributed by atoms with Crippen molar-refractivity contribution in [2.75, 3.05) is 6.54 Å². The van der Waals surface area contributed by atoms with Gasteiger partial charge in [0.1, 0.15) is 5.82 Å². The van der Waals surface area contributed by atoms with E-state index in [2.05, 4.69) is 0 Å². The topological polar surface area (TPSA) is 83.5 Å². The number of terminal acetylenes is 1. The summed E-state index contributed by atoms with van der Waals surface area (Å²) in [6, 6.07) is 1.38. The SMILES string of the molecule is C#CCNS(=O)(=O)c1cc(F)c(Cl)c(C(=O)O)c1. The normalized spacial score (nSPS) is 10.9. The van der Waals surface area contributed by atoms with Crippen molar-refractivity contribution in [3.05, 3.63) is 28.5 Å². The lowest BCUT2D eigenvalue weighted by Gasteiger charge is -2.07. The van der Waals surface area contributed by atoms with Crippen molar-refractivity contribution in [1.82, 2.24) is 4.72 Å². The molecule has 0 bridgehead atoms. The second kappa shape index (κ2) is 5.35. The number of benzene rings is 1. The molecule has 18 heavy (non-hydrogen) atoms. The second-order valence-corrected chi connectivity index (χ2v) is 5.25. The number of halogens is 2. The van der Waals surface area contributed by atoms with Crippen LogP contribution in [0.25, 0.3) is 0 Å². The Morgan fingerprint density at radius 1 is 1.56 bits per heavy atom. The molecule has 1 rings (SSSR count). The van der Waals surface area contributed by atoms with Crippen LogP contribution in [-0.4, -0.2) is 26.0 Å². The highest BCUT2D eigenvalue weighted by atomic mass is 35.5. The number of sulfonamides is 1. The Kier molecular flexibility index (Phi) is 4.29. The number of hydrogen-bond acceptors (Lipinski definition) is 3. The smallest absolute Gasteiger partial charge is 0.337 e. The van der Waals surface area contributed by atoms with Crippen LogP contribution in [0.1, 0.15) is 10.4 Å². The summed E-state index contributed by atoms with van der Waals surface area (Å²) in [5.74, 6) is -0.645. The van der Waals surface area contributed by atoms with E-state index in [0.717, 1.165) is 6.07 Å². The summed E-state index contributed by atoms with van der Waals surface area (Å²) in [4.78, 5) is 10.2. The summed E-state index contributed by atoms with van der Waals surface area (Å²) < 4.78 is 38.5. The van der Waals surface area contributed by atoms with Crippen LogP contribution >= 0.6 is 11.6 Å². The van der Waals surface area contributed by atoms with Gasteiger partial charge in [0.25, 0.3) is 0 Å². The zero-order valence-corrected chi connectivity index (χ0v) is 10.3. The van der Waals surface area contributed by atoms with E-state index in [4.69, 9.17) is 23.1 Å². The number of nitrogens with one attached hydrogen (secondary N) is 1. The molecule has 0 saturated heterocycles. The summed E-state index contributed by atoms with van der Waals surface area (Å²) in [5.41, 5.74) is -0.641. The van der Waals surface area contributed by atoms with Gasteiger partial charge in [-0.3, -0.25) is 0 Å². The van der Waals surface area contributed by atoms with Crippen LogP contribution in [0.5, 0.6) is 0 Å². The largest absolute Gasteiger partial charge is 0.478 e. The summed E-state index contributed by atoms with van der Waals surface area (Å²) in [6.45, 7) is -0.297. The van der Waals surface area contributed by atoms with Gasteiger partial charge in [-0.25, -0.2) is 17.6 Å². The second-order valence-electron chi connectivity index (χ2n) is 3.10. The maximum absolute atomic E-state index is 13.3. The molecule has 5 nitrogen and oxygen atoms in total. The molecule has 0 atom stereocenters. The van der Waals surface area contributed by atoms with E-state index in [-0.39, 0.29) is 6.54 Å². The van der Waals surface area contributed by atoms with E-state index in [1.807, 2.05) is 10.6 Å². The maximum Gasteiger partial charge on any atom is 0.337 e. The van der Waals surface area contributed by atoms with E-state index in [1.165, 1.54) is 0 Å². The fourth-order valence-electron chi connectivity index (χ4n) is 1.09. The molecule has 1 aromatic carbocycles. The van der Waals surface area contributed by atoms with Crippen LogP contribution in [0.15, 0.2) is 17.0 Å². The Balaban J connectivity index is 3.36. The molecule has 0 aliphatic rings. The van der Waals surface area contributed by atoms with Crippen LogP contribution in [0.2, 0.25) is 5.02 Å². The first kappa shape index (κ1) is 14.4. The predicted molar refractivity (Wildman–Crippen MR) is 62.4 cm³/mol. The Hall–Kier alpha value is -1.62. The quantitative estimate of drug-likeness (QED) is 0.813. The molecule has 2 N–H and O–H groups in total. The van der Waals surface area contributed by atoms with Crippen molar-refractivity contribution in [1.29, 1.82) is 0 Å². The lowest BCUT2D eigenvalue weighted by molar-refractivity contribution is 0.0696. The average molecular weight is 292 g/mol. The van der Waals surface area contributed by atoms with Crippen molar-refractivity contribution >= 4 is 27.6 Å². The molecular formula is C10H7ClFNO4S. The van der Waals surface area contributed by atoms with Crippen molar-refractivity contribution < 1.29 is 22.7 Å². The molecule has 1 aromatic rings. The zero-order valence-electron chi connectivity index (χ0n) is 8.78. The molecule has 0 unspecified atom stereocenters. The summed E-state index contributed by atoms with van der Waals surface area (Å²) in [5, 5.41) is 8.10. The molecule has 0 heterocycles. The number of hydrogen-bond donors (Lipinski definition) is 2. The summed E-state index contributed by atoms with van der Waals surface area (Å²) in [7, 11) is -4.07. The number of carbonyl (C=O) groups is 1. The van der Waals surface area contributed by atoms with Gasteiger partial charge in [-0.05, 0) is 12.1 Å². The van der Waals surface area contributed by atoms with E-state index < -0.39 is 37.3 Å². The minimum Gasteiger partial charge on any atom is -0.478 e. The molecule has 0 aromatic heterocycles. The lowest BCUT2D eigenvalue weighted by atomic mass is 10.2. The van der Waals surface area contributed by atoms with Gasteiger partial charge in [0.2, 0.25) is 10.0 Å². The van der Waals surface area contributed by atoms with Gasteiger partial charge in [0.15, 0.2) is 0 Å². The van der Waals surface area contributed by atoms with Gasteiger partial charge in [-0.1, -0.05) is 17.5 Å². The van der Waals surface area contributed by atoms with Crippen molar-refractivity contribution in [3.8, 4) is 12.3 Å². The minimum atomic E-state index is -4.07. The zero-order chi connectivity index (χ0) is 13.9. The first-order valence-electron chi connectivity index (χ1n) is 4.45. The van der Waals surface area contributed by atoms with Gasteiger partial charge in [0.05, 0.1) is 22.0 Å². The number of aromatic carboxylic acids is 1. The minimum absolute atomic E-state index is 0.297.